The lowest BCUT2D eigenvalue weighted by atomic mass is 10.1. The van der Waals surface area contributed by atoms with Gasteiger partial charge < -0.3 is 15.5 Å². The molecule has 0 aromatic carbocycles. The molecule has 1 rings (SSSR count). The molecule has 0 aliphatic carbocycles. The van der Waals surface area contributed by atoms with E-state index in [4.69, 9.17) is 10.2 Å². The molecular weight excluding hydrogens is 328 g/mol. The van der Waals surface area contributed by atoms with Gasteiger partial charge in [0.2, 0.25) is 0 Å². The molecule has 0 bridgehead atoms. The molecule has 0 fully saturated rings. The van der Waals surface area contributed by atoms with Crippen molar-refractivity contribution in [3.63, 3.8) is 0 Å². The van der Waals surface area contributed by atoms with Gasteiger partial charge in [0.05, 0.1) is 12.9 Å². The quantitative estimate of drug-likeness (QED) is 0.289. The van der Waals surface area contributed by atoms with E-state index in [1.54, 1.807) is 6.34 Å². The van der Waals surface area contributed by atoms with Crippen molar-refractivity contribution < 1.29 is 15.0 Å². The van der Waals surface area contributed by atoms with Crippen LogP contribution < -0.4 is 5.32 Å². The minimum absolute atomic E-state index is 0.378. The monoisotopic (exact) mass is 368 g/mol. The van der Waals surface area contributed by atoms with Gasteiger partial charge in [-0.15, -0.1) is 0 Å². The number of aliphatic hydroxyl groups is 1. The SMILES string of the molecule is C1=NCCN1.CCCCCCCC/C=C\CCCCCCC(O)C(=O)O. The van der Waals surface area contributed by atoms with Crippen molar-refractivity contribution >= 4 is 12.3 Å². The van der Waals surface area contributed by atoms with Crippen molar-refractivity contribution in [1.82, 2.24) is 5.32 Å². The van der Waals surface area contributed by atoms with Gasteiger partial charge in [-0.05, 0) is 32.1 Å². The van der Waals surface area contributed by atoms with Crippen LogP contribution in [-0.2, 0) is 4.79 Å². The number of carbonyl (C=O) groups is 1. The number of hydrogen-bond acceptors (Lipinski definition) is 4. The van der Waals surface area contributed by atoms with Gasteiger partial charge >= 0.3 is 5.97 Å². The van der Waals surface area contributed by atoms with Crippen LogP contribution in [-0.4, -0.2) is 41.7 Å². The maximum atomic E-state index is 10.4. The van der Waals surface area contributed by atoms with E-state index >= 15 is 0 Å². The Bertz CT molecular complexity index is 364. The number of hydrogen-bond donors (Lipinski definition) is 3. The summed E-state index contributed by atoms with van der Waals surface area (Å²) >= 11 is 0. The van der Waals surface area contributed by atoms with E-state index in [1.165, 1.54) is 44.9 Å². The summed E-state index contributed by atoms with van der Waals surface area (Å²) in [5.41, 5.74) is 0. The van der Waals surface area contributed by atoms with E-state index in [2.05, 4.69) is 29.4 Å². The van der Waals surface area contributed by atoms with E-state index < -0.39 is 12.1 Å². The van der Waals surface area contributed by atoms with Crippen LogP contribution in [0.1, 0.15) is 90.4 Å². The van der Waals surface area contributed by atoms with Gasteiger partial charge in [0, 0.05) is 6.54 Å². The minimum Gasteiger partial charge on any atom is -0.479 e. The molecule has 0 radical (unpaired) electrons. The lowest BCUT2D eigenvalue weighted by Gasteiger charge is -2.04. The third-order valence-electron chi connectivity index (χ3n) is 4.34. The molecule has 152 valence electrons. The highest BCUT2D eigenvalue weighted by atomic mass is 16.4. The van der Waals surface area contributed by atoms with Gasteiger partial charge in [-0.1, -0.05) is 70.4 Å². The fraction of sp³-hybridized carbons (Fsp3) is 0.810. The van der Waals surface area contributed by atoms with Crippen LogP contribution >= 0.6 is 0 Å². The number of carboxylic acid groups (broad SMARTS) is 1. The average Bonchev–Trinajstić information content (AvgIpc) is 3.21. The highest BCUT2D eigenvalue weighted by Crippen LogP contribution is 2.10. The van der Waals surface area contributed by atoms with Gasteiger partial charge in [0.1, 0.15) is 0 Å². The third kappa shape index (κ3) is 19.0. The first-order valence-corrected chi connectivity index (χ1v) is 10.5. The molecule has 0 aromatic rings. The van der Waals surface area contributed by atoms with Gasteiger partial charge in [-0.3, -0.25) is 4.99 Å². The third-order valence-corrected chi connectivity index (χ3v) is 4.34. The molecule has 1 aliphatic rings. The van der Waals surface area contributed by atoms with Crippen LogP contribution in [0.3, 0.4) is 0 Å². The number of carboxylic acids is 1. The van der Waals surface area contributed by atoms with Gasteiger partial charge in [0.25, 0.3) is 0 Å². The van der Waals surface area contributed by atoms with Crippen molar-refractivity contribution in [1.29, 1.82) is 0 Å². The minimum atomic E-state index is -1.18. The number of aliphatic hydroxyl groups excluding tert-OH is 1. The first kappa shape index (κ1) is 24.6. The van der Waals surface area contributed by atoms with Gasteiger partial charge in [-0.2, -0.15) is 0 Å². The Kier molecular flexibility index (Phi) is 18.9. The molecule has 1 unspecified atom stereocenters. The Balaban J connectivity index is 0.00000106. The molecule has 3 N–H and O–H groups in total. The number of aliphatic imine (C=N–C) groups is 1. The van der Waals surface area contributed by atoms with E-state index in [0.29, 0.717) is 6.42 Å². The van der Waals surface area contributed by atoms with E-state index in [9.17, 15) is 4.79 Å². The molecule has 1 atom stereocenters. The molecule has 1 aliphatic heterocycles. The number of rotatable bonds is 15. The Morgan fingerprint density at radius 2 is 1.62 bits per heavy atom. The molecule has 26 heavy (non-hydrogen) atoms. The second-order valence-electron chi connectivity index (χ2n) is 6.86. The molecule has 0 saturated carbocycles. The molecule has 5 heteroatoms. The van der Waals surface area contributed by atoms with Crippen LogP contribution in [0.15, 0.2) is 17.1 Å². The molecule has 5 nitrogen and oxygen atoms in total. The standard InChI is InChI=1S/C18H34O3.C3H6N2/c1-2-3-4-5-6-7-8-9-10-11-12-13-14-15-16-17(19)18(20)21;1-2-5-3-4-1/h9-10,17,19H,2-8,11-16H2,1H3,(H,20,21);3H,1-2H2,(H,4,5)/b10-9-;. The summed E-state index contributed by atoms with van der Waals surface area (Å²) in [6.07, 6.45) is 20.1. The van der Waals surface area contributed by atoms with Gasteiger partial charge in [0.15, 0.2) is 6.10 Å². The van der Waals surface area contributed by atoms with Crippen molar-refractivity contribution in [2.75, 3.05) is 13.1 Å². The van der Waals surface area contributed by atoms with E-state index in [0.717, 1.165) is 45.2 Å². The molecular formula is C21H40N2O3. The van der Waals surface area contributed by atoms with Crippen LogP contribution in [0.5, 0.6) is 0 Å². The molecule has 0 aromatic heterocycles. The zero-order valence-electron chi connectivity index (χ0n) is 16.7. The number of aliphatic carboxylic acids is 1. The topological polar surface area (TPSA) is 81.9 Å². The summed E-state index contributed by atoms with van der Waals surface area (Å²) in [7, 11) is 0. The smallest absolute Gasteiger partial charge is 0.332 e. The predicted molar refractivity (Wildman–Crippen MR) is 110 cm³/mol. The maximum Gasteiger partial charge on any atom is 0.332 e. The Hall–Kier alpha value is -1.36. The fourth-order valence-corrected chi connectivity index (χ4v) is 2.68. The highest BCUT2D eigenvalue weighted by Gasteiger charge is 2.11. The van der Waals surface area contributed by atoms with E-state index in [-0.39, 0.29) is 0 Å². The molecule has 0 amide bonds. The summed E-state index contributed by atoms with van der Waals surface area (Å²) in [6.45, 7) is 4.23. The first-order chi connectivity index (χ1) is 12.7. The Morgan fingerprint density at radius 1 is 1.04 bits per heavy atom. The maximum absolute atomic E-state index is 10.4. The zero-order valence-corrected chi connectivity index (χ0v) is 16.7. The van der Waals surface area contributed by atoms with Crippen LogP contribution in [0.4, 0.5) is 0 Å². The molecule has 0 spiro atoms. The average molecular weight is 369 g/mol. The molecule has 0 saturated heterocycles. The largest absolute Gasteiger partial charge is 0.479 e. The molecule has 1 heterocycles. The number of nitrogens with zero attached hydrogens (tertiary/aromatic N) is 1. The predicted octanol–water partition coefficient (Wildman–Crippen LogP) is 4.70. The van der Waals surface area contributed by atoms with Crippen molar-refractivity contribution in [2.45, 2.75) is 96.5 Å². The summed E-state index contributed by atoms with van der Waals surface area (Å²) in [5.74, 6) is -1.10. The lowest BCUT2D eigenvalue weighted by Crippen LogP contribution is -2.18. The fourth-order valence-electron chi connectivity index (χ4n) is 2.68. The number of unbranched alkanes of at least 4 members (excludes halogenated alkanes) is 10. The van der Waals surface area contributed by atoms with Crippen molar-refractivity contribution in [2.24, 2.45) is 4.99 Å². The summed E-state index contributed by atoms with van der Waals surface area (Å²) in [4.78, 5) is 14.3. The lowest BCUT2D eigenvalue weighted by molar-refractivity contribution is -0.146. The van der Waals surface area contributed by atoms with Crippen LogP contribution in [0.2, 0.25) is 0 Å². The Morgan fingerprint density at radius 3 is 2.08 bits per heavy atom. The van der Waals surface area contributed by atoms with Crippen LogP contribution in [0.25, 0.3) is 0 Å². The zero-order chi connectivity index (χ0) is 19.3. The first-order valence-electron chi connectivity index (χ1n) is 10.5. The summed E-state index contributed by atoms with van der Waals surface area (Å²) < 4.78 is 0. The van der Waals surface area contributed by atoms with Crippen molar-refractivity contribution in [3.8, 4) is 0 Å². The Labute approximate surface area is 160 Å². The highest BCUT2D eigenvalue weighted by molar-refractivity contribution is 5.71. The summed E-state index contributed by atoms with van der Waals surface area (Å²) in [6, 6.07) is 0. The normalized spacial score (nSPS) is 14.1. The van der Waals surface area contributed by atoms with Crippen LogP contribution in [0, 0.1) is 0 Å². The number of allylic oxidation sites excluding steroid dienone is 2. The van der Waals surface area contributed by atoms with Gasteiger partial charge in [-0.25, -0.2) is 4.79 Å². The van der Waals surface area contributed by atoms with E-state index in [1.807, 2.05) is 0 Å². The second-order valence-corrected chi connectivity index (χ2v) is 6.86. The summed E-state index contributed by atoms with van der Waals surface area (Å²) in [5, 5.41) is 20.6. The van der Waals surface area contributed by atoms with Crippen molar-refractivity contribution in [3.05, 3.63) is 12.2 Å². The second kappa shape index (κ2) is 20.0. The number of nitrogens with one attached hydrogen (secondary N) is 1.